The van der Waals surface area contributed by atoms with E-state index >= 15 is 0 Å². The molecule has 2 aromatic rings. The number of hydrogen-bond donors (Lipinski definition) is 1. The van der Waals surface area contributed by atoms with Crippen LogP contribution in [0.25, 0.3) is 11.0 Å². The zero-order valence-electron chi connectivity index (χ0n) is 19.2. The summed E-state index contributed by atoms with van der Waals surface area (Å²) in [7, 11) is 4.17. The normalized spacial score (nSPS) is 27.0. The summed E-state index contributed by atoms with van der Waals surface area (Å²) in [6.45, 7) is 3.94. The minimum Gasteiger partial charge on any atom is -0.353 e. The van der Waals surface area contributed by atoms with Crippen LogP contribution < -0.4 is 5.32 Å². The van der Waals surface area contributed by atoms with Gasteiger partial charge in [0.1, 0.15) is 11.9 Å². The minimum atomic E-state index is -0.181. The third kappa shape index (κ3) is 3.90. The van der Waals surface area contributed by atoms with Gasteiger partial charge >= 0.3 is 0 Å². The van der Waals surface area contributed by atoms with Crippen LogP contribution in [0, 0.1) is 0 Å². The first kappa shape index (κ1) is 21.4. The average molecular weight is 439 g/mol. The molecule has 1 aromatic carbocycles. The van der Waals surface area contributed by atoms with Crippen LogP contribution in [-0.2, 0) is 23.2 Å². The Morgan fingerprint density at radius 1 is 1.16 bits per heavy atom. The van der Waals surface area contributed by atoms with Gasteiger partial charge < -0.3 is 14.8 Å². The van der Waals surface area contributed by atoms with Gasteiger partial charge in [0.25, 0.3) is 0 Å². The van der Waals surface area contributed by atoms with Crippen LogP contribution in [0.3, 0.4) is 0 Å². The van der Waals surface area contributed by atoms with E-state index in [1.807, 2.05) is 30.1 Å². The number of aryl methyl sites for hydroxylation is 1. The van der Waals surface area contributed by atoms with Crippen molar-refractivity contribution in [2.45, 2.75) is 56.8 Å². The van der Waals surface area contributed by atoms with Crippen molar-refractivity contribution in [2.75, 3.05) is 33.2 Å². The van der Waals surface area contributed by atoms with Gasteiger partial charge in [-0.2, -0.15) is 0 Å². The Bertz CT molecular complexity index is 998. The van der Waals surface area contributed by atoms with Crippen molar-refractivity contribution in [1.29, 1.82) is 0 Å². The van der Waals surface area contributed by atoms with Crippen molar-refractivity contribution in [1.82, 2.24) is 29.6 Å². The number of rotatable bonds is 5. The highest BCUT2D eigenvalue weighted by molar-refractivity contribution is 5.83. The Labute approximate surface area is 189 Å². The summed E-state index contributed by atoms with van der Waals surface area (Å²) < 4.78 is 2.13. The number of hydrogen-bond acceptors (Lipinski definition) is 5. The summed E-state index contributed by atoms with van der Waals surface area (Å²) in [6, 6.07) is 8.33. The molecule has 2 amide bonds. The first-order valence-electron chi connectivity index (χ1n) is 11.9. The van der Waals surface area contributed by atoms with Gasteiger partial charge in [-0.15, -0.1) is 0 Å². The van der Waals surface area contributed by atoms with Crippen LogP contribution in [0.5, 0.6) is 0 Å². The third-order valence-corrected chi connectivity index (χ3v) is 7.72. The molecule has 3 fully saturated rings. The molecule has 1 aromatic heterocycles. The number of nitrogens with one attached hydrogen (secondary N) is 1. The predicted molar refractivity (Wildman–Crippen MR) is 123 cm³/mol. The first-order chi connectivity index (χ1) is 15.5. The fraction of sp³-hybridized carbons (Fsp3) is 0.625. The van der Waals surface area contributed by atoms with E-state index in [0.29, 0.717) is 19.5 Å². The Balaban J connectivity index is 1.27. The first-order valence-corrected chi connectivity index (χ1v) is 11.9. The summed E-state index contributed by atoms with van der Waals surface area (Å²) in [4.78, 5) is 37.1. The van der Waals surface area contributed by atoms with Crippen LogP contribution in [0.2, 0.25) is 0 Å². The molecule has 172 valence electrons. The fourth-order valence-corrected chi connectivity index (χ4v) is 5.76. The number of carbonyl (C=O) groups is 2. The molecule has 0 spiro atoms. The molecule has 8 nitrogen and oxygen atoms in total. The number of aromatic nitrogens is 2. The van der Waals surface area contributed by atoms with E-state index in [-0.39, 0.29) is 29.9 Å². The van der Waals surface area contributed by atoms with Crippen LogP contribution in [0.4, 0.5) is 0 Å². The Kier molecular flexibility index (Phi) is 5.90. The Morgan fingerprint density at radius 3 is 2.72 bits per heavy atom. The van der Waals surface area contributed by atoms with E-state index in [0.717, 1.165) is 62.2 Å². The average Bonchev–Trinajstić information content (AvgIpc) is 3.52. The van der Waals surface area contributed by atoms with Gasteiger partial charge in [-0.3, -0.25) is 19.4 Å². The number of carbonyl (C=O) groups excluding carboxylic acids is 2. The predicted octanol–water partition coefficient (Wildman–Crippen LogP) is 1.35. The summed E-state index contributed by atoms with van der Waals surface area (Å²) >= 11 is 0. The highest BCUT2D eigenvalue weighted by Gasteiger charge is 2.45. The number of nitrogens with zero attached hydrogens (tertiary/aromatic N) is 5. The number of likely N-dealkylation sites (tertiary alicyclic amines) is 2. The topological polar surface area (TPSA) is 73.7 Å². The van der Waals surface area contributed by atoms with Crippen molar-refractivity contribution in [3.8, 4) is 0 Å². The number of fused-ring (bicyclic) bond motifs is 2. The maximum absolute atomic E-state index is 13.1. The summed E-state index contributed by atoms with van der Waals surface area (Å²) in [5.74, 6) is 1.35. The maximum atomic E-state index is 13.1. The summed E-state index contributed by atoms with van der Waals surface area (Å²) in [5.41, 5.74) is 2.11. The van der Waals surface area contributed by atoms with Crippen LogP contribution in [0.15, 0.2) is 24.3 Å². The zero-order valence-corrected chi connectivity index (χ0v) is 19.2. The molecule has 8 heteroatoms. The number of para-hydroxylation sites is 2. The van der Waals surface area contributed by atoms with Crippen molar-refractivity contribution >= 4 is 22.8 Å². The number of benzene rings is 1. The van der Waals surface area contributed by atoms with E-state index in [1.54, 1.807) is 0 Å². The Morgan fingerprint density at radius 2 is 1.94 bits per heavy atom. The van der Waals surface area contributed by atoms with Crippen LogP contribution >= 0.6 is 0 Å². The van der Waals surface area contributed by atoms with Gasteiger partial charge in [-0.1, -0.05) is 12.1 Å². The smallest absolute Gasteiger partial charge is 0.239 e. The second-order valence-electron chi connectivity index (χ2n) is 9.54. The lowest BCUT2D eigenvalue weighted by Crippen LogP contribution is -2.49. The van der Waals surface area contributed by atoms with Gasteiger partial charge in [0.2, 0.25) is 11.8 Å². The lowest BCUT2D eigenvalue weighted by atomic mass is 10.0. The van der Waals surface area contributed by atoms with E-state index in [1.165, 1.54) is 0 Å². The zero-order chi connectivity index (χ0) is 22.2. The molecule has 4 heterocycles. The number of likely N-dealkylation sites (N-methyl/N-ethyl adjacent to an activating group) is 1. The summed E-state index contributed by atoms with van der Waals surface area (Å²) in [6.07, 6.45) is 4.55. The molecular formula is C24H34N6O2. The van der Waals surface area contributed by atoms with Crippen molar-refractivity contribution in [2.24, 2.45) is 7.05 Å². The third-order valence-electron chi connectivity index (χ3n) is 7.72. The quantitative estimate of drug-likeness (QED) is 0.763. The monoisotopic (exact) mass is 438 g/mol. The SMILES string of the molecule is CN1[C@@H](CCC(=O)N2CCCC2)CNC(=O)[C@@H]2[C@H]1CCN2Cc1nc2ccccc2n1C. The molecule has 0 radical (unpaired) electrons. The standard InChI is InChI=1S/C24H34N6O2/c1-27-17(9-10-22(31)29-12-5-6-13-29)15-25-24(32)23-20(27)11-14-30(23)16-21-26-18-7-3-4-8-19(18)28(21)2/h3-4,7-8,17,20,23H,5-6,9-16H2,1-2H3,(H,25,32)/t17-,20+,23-/m0/s1. The van der Waals surface area contributed by atoms with Crippen LogP contribution in [-0.4, -0.2) is 87.4 Å². The van der Waals surface area contributed by atoms with E-state index in [4.69, 9.17) is 4.98 Å². The highest BCUT2D eigenvalue weighted by Crippen LogP contribution is 2.29. The molecule has 3 aliphatic rings. The molecule has 1 N–H and O–H groups in total. The molecule has 0 unspecified atom stereocenters. The molecule has 0 bridgehead atoms. The minimum absolute atomic E-state index is 0.103. The molecule has 0 saturated carbocycles. The summed E-state index contributed by atoms with van der Waals surface area (Å²) in [5, 5.41) is 3.17. The van der Waals surface area contributed by atoms with Gasteiger partial charge in [0.05, 0.1) is 17.6 Å². The van der Waals surface area contributed by atoms with Crippen LogP contribution in [0.1, 0.15) is 37.9 Å². The Hall–Kier alpha value is -2.45. The lowest BCUT2D eigenvalue weighted by molar-refractivity contribution is -0.130. The number of amides is 2. The molecule has 3 aliphatic heterocycles. The van der Waals surface area contributed by atoms with Crippen molar-refractivity contribution in [3.63, 3.8) is 0 Å². The lowest BCUT2D eigenvalue weighted by Gasteiger charge is -2.33. The highest BCUT2D eigenvalue weighted by atomic mass is 16.2. The fourth-order valence-electron chi connectivity index (χ4n) is 5.76. The van der Waals surface area contributed by atoms with Gasteiger partial charge in [0, 0.05) is 51.7 Å². The van der Waals surface area contributed by atoms with E-state index < -0.39 is 0 Å². The second kappa shape index (κ2) is 8.83. The van der Waals surface area contributed by atoms with E-state index in [2.05, 4.69) is 32.8 Å². The van der Waals surface area contributed by atoms with Gasteiger partial charge in [-0.05, 0) is 44.9 Å². The van der Waals surface area contributed by atoms with Crippen molar-refractivity contribution in [3.05, 3.63) is 30.1 Å². The second-order valence-corrected chi connectivity index (χ2v) is 9.54. The van der Waals surface area contributed by atoms with Gasteiger partial charge in [0.15, 0.2) is 0 Å². The number of imidazole rings is 1. The van der Waals surface area contributed by atoms with E-state index in [9.17, 15) is 9.59 Å². The molecule has 3 saturated heterocycles. The molecular weight excluding hydrogens is 404 g/mol. The maximum Gasteiger partial charge on any atom is 0.239 e. The molecule has 3 atom stereocenters. The largest absolute Gasteiger partial charge is 0.353 e. The van der Waals surface area contributed by atoms with Gasteiger partial charge in [-0.25, -0.2) is 4.98 Å². The van der Waals surface area contributed by atoms with Crippen molar-refractivity contribution < 1.29 is 9.59 Å². The molecule has 32 heavy (non-hydrogen) atoms. The molecule has 0 aliphatic carbocycles. The molecule has 5 rings (SSSR count).